The summed E-state index contributed by atoms with van der Waals surface area (Å²) in [5, 5.41) is 12.8. The maximum atomic E-state index is 5.96. The smallest absolute Gasteiger partial charge is 0.232 e. The molecule has 1 saturated heterocycles. The normalized spacial score (nSPS) is 13.4. The molecule has 0 unspecified atom stereocenters. The summed E-state index contributed by atoms with van der Waals surface area (Å²) in [6.07, 6.45) is 3.98. The molecule has 34 heavy (non-hydrogen) atoms. The number of methoxy groups -OCH3 is 1. The van der Waals surface area contributed by atoms with Gasteiger partial charge in [0.15, 0.2) is 5.16 Å². The molecular weight excluding hydrogens is 454 g/mol. The van der Waals surface area contributed by atoms with Gasteiger partial charge < -0.3 is 25.1 Å². The quantitative estimate of drug-likeness (QED) is 0.342. The first-order valence-electron chi connectivity index (χ1n) is 10.9. The zero-order valence-electron chi connectivity index (χ0n) is 18.7. The van der Waals surface area contributed by atoms with Crippen molar-refractivity contribution in [3.8, 4) is 5.75 Å². The lowest BCUT2D eigenvalue weighted by molar-refractivity contribution is 0.417. The molecule has 176 valence electrons. The average Bonchev–Trinajstić information content (AvgIpc) is 3.61. The van der Waals surface area contributed by atoms with Crippen LogP contribution in [0.5, 0.6) is 5.75 Å². The monoisotopic (exact) mass is 479 g/mol. The predicted octanol–water partition coefficient (Wildman–Crippen LogP) is 3.33. The molecule has 0 amide bonds. The Kier molecular flexibility index (Phi) is 6.47. The number of nitrogens with one attached hydrogen (secondary N) is 1. The number of nitrogens with two attached hydrogens (primary N) is 1. The van der Waals surface area contributed by atoms with E-state index in [4.69, 9.17) is 14.9 Å². The topological polar surface area (TPSA) is 133 Å². The summed E-state index contributed by atoms with van der Waals surface area (Å²) >= 11 is 1.49. The van der Waals surface area contributed by atoms with E-state index >= 15 is 0 Å². The lowest BCUT2D eigenvalue weighted by atomic mass is 10.3. The van der Waals surface area contributed by atoms with Gasteiger partial charge >= 0.3 is 0 Å². The van der Waals surface area contributed by atoms with Crippen LogP contribution in [0, 0.1) is 0 Å². The molecule has 1 aliphatic rings. The Morgan fingerprint density at radius 1 is 1.09 bits per heavy atom. The molecule has 1 aromatic carbocycles. The van der Waals surface area contributed by atoms with Crippen molar-refractivity contribution in [3.63, 3.8) is 0 Å². The highest BCUT2D eigenvalue weighted by atomic mass is 32.2. The van der Waals surface area contributed by atoms with Gasteiger partial charge in [0.2, 0.25) is 17.8 Å². The van der Waals surface area contributed by atoms with Crippen LogP contribution in [-0.2, 0) is 12.3 Å². The third kappa shape index (κ3) is 4.91. The van der Waals surface area contributed by atoms with Gasteiger partial charge in [-0.15, -0.1) is 10.2 Å². The van der Waals surface area contributed by atoms with E-state index in [-0.39, 0.29) is 5.95 Å². The number of nitrogen functional groups attached to an aromatic ring is 1. The molecule has 4 aromatic rings. The lowest BCUT2D eigenvalue weighted by Crippen LogP contribution is -2.22. The van der Waals surface area contributed by atoms with Gasteiger partial charge in [-0.1, -0.05) is 23.9 Å². The molecule has 0 aliphatic carbocycles. The minimum Gasteiger partial charge on any atom is -0.495 e. The molecule has 3 N–H and O–H groups in total. The number of aromatic nitrogens is 6. The Morgan fingerprint density at radius 2 is 1.94 bits per heavy atom. The second-order valence-electron chi connectivity index (χ2n) is 7.69. The SMILES string of the molecule is COc1ccccc1Nc1nc(N)nc(CSc2nnc(N3CCCC3)n2Cc2ccco2)n1. The van der Waals surface area contributed by atoms with Crippen LogP contribution < -0.4 is 20.7 Å². The van der Waals surface area contributed by atoms with E-state index in [0.29, 0.717) is 29.8 Å². The highest BCUT2D eigenvalue weighted by Gasteiger charge is 2.22. The molecule has 0 spiro atoms. The summed E-state index contributed by atoms with van der Waals surface area (Å²) in [6, 6.07) is 11.4. The Morgan fingerprint density at radius 3 is 2.74 bits per heavy atom. The standard InChI is InChI=1S/C22H25N9O2S/c1-32-17-9-3-2-8-16(17)24-20-26-18(25-19(23)27-20)14-34-22-29-28-21(30-10-4-5-11-30)31(22)13-15-7-6-12-33-15/h2-3,6-9,12H,4-5,10-11,13-14H2,1H3,(H3,23,24,25,26,27). The Labute approximate surface area is 200 Å². The largest absolute Gasteiger partial charge is 0.495 e. The number of ether oxygens (including phenoxy) is 1. The fourth-order valence-corrected chi connectivity index (χ4v) is 4.58. The molecule has 12 heteroatoms. The van der Waals surface area contributed by atoms with Gasteiger partial charge in [-0.3, -0.25) is 4.57 Å². The van der Waals surface area contributed by atoms with E-state index < -0.39 is 0 Å². The third-order valence-corrected chi connectivity index (χ3v) is 6.33. The van der Waals surface area contributed by atoms with Crippen LogP contribution in [0.1, 0.15) is 24.4 Å². The Balaban J connectivity index is 1.35. The van der Waals surface area contributed by atoms with Gasteiger partial charge in [0.25, 0.3) is 0 Å². The van der Waals surface area contributed by atoms with Crippen molar-refractivity contribution in [1.29, 1.82) is 0 Å². The van der Waals surface area contributed by atoms with Crippen LogP contribution in [0.25, 0.3) is 0 Å². The summed E-state index contributed by atoms with van der Waals surface area (Å²) < 4.78 is 13.0. The van der Waals surface area contributed by atoms with Gasteiger partial charge in [-0.25, -0.2) is 0 Å². The van der Waals surface area contributed by atoms with Gasteiger partial charge in [0.1, 0.15) is 17.3 Å². The van der Waals surface area contributed by atoms with E-state index in [2.05, 4.69) is 39.9 Å². The van der Waals surface area contributed by atoms with E-state index in [1.165, 1.54) is 11.8 Å². The Bertz CT molecular complexity index is 1240. The Hall–Kier alpha value is -3.80. The first-order valence-corrected chi connectivity index (χ1v) is 11.9. The maximum Gasteiger partial charge on any atom is 0.232 e. The van der Waals surface area contributed by atoms with Crippen LogP contribution in [-0.4, -0.2) is 49.9 Å². The van der Waals surface area contributed by atoms with E-state index in [9.17, 15) is 0 Å². The number of thioether (sulfide) groups is 1. The van der Waals surface area contributed by atoms with Crippen molar-refractivity contribution in [2.24, 2.45) is 0 Å². The minimum absolute atomic E-state index is 0.137. The number of anilines is 4. The summed E-state index contributed by atoms with van der Waals surface area (Å²) in [7, 11) is 1.61. The maximum absolute atomic E-state index is 5.96. The van der Waals surface area contributed by atoms with Crippen LogP contribution in [0.2, 0.25) is 0 Å². The molecule has 5 rings (SSSR count). The van der Waals surface area contributed by atoms with Crippen LogP contribution >= 0.6 is 11.8 Å². The van der Waals surface area contributed by atoms with Crippen molar-refractivity contribution < 1.29 is 9.15 Å². The molecule has 3 aromatic heterocycles. The molecule has 0 radical (unpaired) electrons. The molecule has 0 bridgehead atoms. The summed E-state index contributed by atoms with van der Waals surface area (Å²) in [5.74, 6) is 3.84. The average molecular weight is 480 g/mol. The highest BCUT2D eigenvalue weighted by Crippen LogP contribution is 2.29. The number of nitrogens with zero attached hydrogens (tertiary/aromatic N) is 7. The van der Waals surface area contributed by atoms with Crippen LogP contribution in [0.15, 0.2) is 52.2 Å². The number of benzene rings is 1. The molecule has 11 nitrogen and oxygen atoms in total. The first kappa shape index (κ1) is 22.0. The number of para-hydroxylation sites is 2. The van der Waals surface area contributed by atoms with Gasteiger partial charge in [0, 0.05) is 13.1 Å². The number of hydrogen-bond acceptors (Lipinski definition) is 11. The zero-order valence-corrected chi connectivity index (χ0v) is 19.5. The van der Waals surface area contributed by atoms with Crippen molar-refractivity contribution in [2.45, 2.75) is 30.3 Å². The second-order valence-corrected chi connectivity index (χ2v) is 8.63. The van der Waals surface area contributed by atoms with Gasteiger partial charge in [-0.05, 0) is 37.1 Å². The number of hydrogen-bond donors (Lipinski definition) is 2. The van der Waals surface area contributed by atoms with Crippen molar-refractivity contribution in [3.05, 3.63) is 54.2 Å². The van der Waals surface area contributed by atoms with E-state index in [1.807, 2.05) is 36.4 Å². The predicted molar refractivity (Wildman–Crippen MR) is 129 cm³/mol. The molecule has 0 atom stereocenters. The molecule has 1 fully saturated rings. The lowest BCUT2D eigenvalue weighted by Gasteiger charge is -2.17. The third-order valence-electron chi connectivity index (χ3n) is 5.36. The fourth-order valence-electron chi connectivity index (χ4n) is 3.79. The summed E-state index contributed by atoms with van der Waals surface area (Å²) in [5.41, 5.74) is 6.70. The fraction of sp³-hybridized carbons (Fsp3) is 0.318. The second kappa shape index (κ2) is 10.00. The molecule has 1 aliphatic heterocycles. The molecular formula is C22H25N9O2S. The van der Waals surface area contributed by atoms with Gasteiger partial charge in [0.05, 0.1) is 31.4 Å². The number of furan rings is 1. The zero-order chi connectivity index (χ0) is 23.3. The van der Waals surface area contributed by atoms with E-state index in [0.717, 1.165) is 48.5 Å². The van der Waals surface area contributed by atoms with E-state index in [1.54, 1.807) is 13.4 Å². The molecule has 0 saturated carbocycles. The number of rotatable bonds is 9. The van der Waals surface area contributed by atoms with Crippen LogP contribution in [0.4, 0.5) is 23.5 Å². The van der Waals surface area contributed by atoms with Crippen molar-refractivity contribution >= 4 is 35.3 Å². The van der Waals surface area contributed by atoms with Crippen LogP contribution in [0.3, 0.4) is 0 Å². The molecule has 4 heterocycles. The van der Waals surface area contributed by atoms with Crippen molar-refractivity contribution in [2.75, 3.05) is 36.1 Å². The highest BCUT2D eigenvalue weighted by molar-refractivity contribution is 7.98. The minimum atomic E-state index is 0.137. The first-order chi connectivity index (χ1) is 16.7. The van der Waals surface area contributed by atoms with Crippen molar-refractivity contribution in [1.82, 2.24) is 29.7 Å². The summed E-state index contributed by atoms with van der Waals surface area (Å²) in [4.78, 5) is 15.3. The van der Waals surface area contributed by atoms with Gasteiger partial charge in [-0.2, -0.15) is 15.0 Å². The summed E-state index contributed by atoms with van der Waals surface area (Å²) in [6.45, 7) is 2.50.